The summed E-state index contributed by atoms with van der Waals surface area (Å²) in [5.74, 6) is -0.661. The third-order valence-electron chi connectivity index (χ3n) is 3.05. The lowest BCUT2D eigenvalue weighted by atomic mass is 9.99. The number of amides is 2. The fraction of sp³-hybridized carbons (Fsp3) is 0.833. The molecule has 0 radical (unpaired) electrons. The Bertz CT molecular complexity index is 374. The summed E-state index contributed by atoms with van der Waals surface area (Å²) in [6.45, 7) is 5.28. The minimum Gasteiger partial charge on any atom is -0.343 e. The smallest absolute Gasteiger partial charge is 0.343 e. The highest BCUT2D eigenvalue weighted by atomic mass is 32.2. The van der Waals surface area contributed by atoms with Gasteiger partial charge in [0, 0.05) is 12.3 Å². The summed E-state index contributed by atoms with van der Waals surface area (Å²) in [7, 11) is 0. The molecule has 4 nitrogen and oxygen atoms in total. The van der Waals surface area contributed by atoms with Gasteiger partial charge in [-0.2, -0.15) is 13.2 Å². The second kappa shape index (κ2) is 6.69. The number of alkyl halides is 3. The van der Waals surface area contributed by atoms with Gasteiger partial charge in [-0.15, -0.1) is 0 Å². The average molecular weight is 312 g/mol. The van der Waals surface area contributed by atoms with Gasteiger partial charge in [0.2, 0.25) is 11.8 Å². The van der Waals surface area contributed by atoms with Crippen molar-refractivity contribution in [3.63, 3.8) is 0 Å². The molecule has 0 saturated carbocycles. The highest BCUT2D eigenvalue weighted by Crippen LogP contribution is 2.30. The second-order valence-electron chi connectivity index (χ2n) is 5.19. The number of nitrogens with zero attached hydrogens (tertiary/aromatic N) is 1. The van der Waals surface area contributed by atoms with Gasteiger partial charge in [0.15, 0.2) is 0 Å². The molecule has 2 unspecified atom stereocenters. The Balaban J connectivity index is 2.65. The molecule has 0 aliphatic carbocycles. The first kappa shape index (κ1) is 17.1. The molecule has 20 heavy (non-hydrogen) atoms. The zero-order valence-electron chi connectivity index (χ0n) is 11.7. The third kappa shape index (κ3) is 4.88. The van der Waals surface area contributed by atoms with E-state index in [2.05, 4.69) is 5.32 Å². The fourth-order valence-electron chi connectivity index (χ4n) is 2.08. The van der Waals surface area contributed by atoms with Crippen LogP contribution in [0.5, 0.6) is 0 Å². The number of hydrogen-bond acceptors (Lipinski definition) is 3. The molecule has 8 heteroatoms. The average Bonchev–Trinajstić information content (AvgIpc) is 2.28. The quantitative estimate of drug-likeness (QED) is 0.845. The molecule has 1 N–H and O–H groups in total. The predicted octanol–water partition coefficient (Wildman–Crippen LogP) is 2.00. The van der Waals surface area contributed by atoms with Crippen LogP contribution >= 0.6 is 11.8 Å². The second-order valence-corrected chi connectivity index (χ2v) is 6.35. The largest absolute Gasteiger partial charge is 0.441 e. The van der Waals surface area contributed by atoms with Crippen molar-refractivity contribution in [2.75, 3.05) is 12.3 Å². The van der Waals surface area contributed by atoms with Crippen LogP contribution < -0.4 is 5.32 Å². The zero-order chi connectivity index (χ0) is 15.5. The van der Waals surface area contributed by atoms with Crippen LogP contribution in [0.1, 0.15) is 27.2 Å². The normalized spacial score (nSPS) is 24.2. The molecule has 0 aromatic rings. The number of halogens is 3. The number of carbonyl (C=O) groups is 2. The number of piperazine rings is 1. The van der Waals surface area contributed by atoms with Crippen molar-refractivity contribution < 1.29 is 22.8 Å². The van der Waals surface area contributed by atoms with Gasteiger partial charge in [0.25, 0.3) is 0 Å². The molecule has 2 atom stereocenters. The van der Waals surface area contributed by atoms with Gasteiger partial charge in [-0.3, -0.25) is 9.59 Å². The summed E-state index contributed by atoms with van der Waals surface area (Å²) in [5.41, 5.74) is -4.32. The Kier molecular flexibility index (Phi) is 5.73. The van der Waals surface area contributed by atoms with Gasteiger partial charge in [0.1, 0.15) is 12.1 Å². The summed E-state index contributed by atoms with van der Waals surface area (Å²) in [4.78, 5) is 25.2. The highest BCUT2D eigenvalue weighted by Gasteiger charge is 2.38. The molecule has 1 aliphatic heterocycles. The number of nitrogens with one attached hydrogen (secondary N) is 1. The van der Waals surface area contributed by atoms with E-state index in [1.54, 1.807) is 0 Å². The van der Waals surface area contributed by atoms with E-state index in [1.807, 2.05) is 13.8 Å². The number of hydrogen-bond donors (Lipinski definition) is 1. The lowest BCUT2D eigenvalue weighted by Gasteiger charge is -2.37. The Hall–Kier alpha value is -0.920. The monoisotopic (exact) mass is 312 g/mol. The standard InChI is InChI=1S/C12H19F3N2O2S/c1-7(2)6-9-11(19)17(8(3)10(18)16-9)4-5-20-12(13,14)15/h7-9H,4-6H2,1-3H3,(H,16,18). The van der Waals surface area contributed by atoms with Crippen molar-refractivity contribution in [1.82, 2.24) is 10.2 Å². The molecular weight excluding hydrogens is 293 g/mol. The maximum Gasteiger partial charge on any atom is 0.441 e. The first-order valence-electron chi connectivity index (χ1n) is 6.43. The van der Waals surface area contributed by atoms with Gasteiger partial charge in [-0.25, -0.2) is 0 Å². The molecule has 1 aliphatic rings. The minimum absolute atomic E-state index is 0.0772. The van der Waals surface area contributed by atoms with Crippen molar-refractivity contribution in [2.24, 2.45) is 5.92 Å². The minimum atomic E-state index is -4.32. The molecule has 1 heterocycles. The summed E-state index contributed by atoms with van der Waals surface area (Å²) in [6.07, 6.45) is 0.486. The number of rotatable bonds is 5. The van der Waals surface area contributed by atoms with E-state index in [1.165, 1.54) is 11.8 Å². The molecule has 0 aromatic carbocycles. The fourth-order valence-corrected chi connectivity index (χ4v) is 2.60. The van der Waals surface area contributed by atoms with Gasteiger partial charge >= 0.3 is 5.51 Å². The van der Waals surface area contributed by atoms with E-state index in [9.17, 15) is 22.8 Å². The van der Waals surface area contributed by atoms with Crippen molar-refractivity contribution >= 4 is 23.6 Å². The highest BCUT2D eigenvalue weighted by molar-refractivity contribution is 8.00. The van der Waals surface area contributed by atoms with Crippen LogP contribution in [0.15, 0.2) is 0 Å². The van der Waals surface area contributed by atoms with Crippen LogP contribution in [-0.2, 0) is 9.59 Å². The Morgan fingerprint density at radius 2 is 1.95 bits per heavy atom. The van der Waals surface area contributed by atoms with E-state index in [0.29, 0.717) is 6.42 Å². The van der Waals surface area contributed by atoms with Crippen LogP contribution in [0, 0.1) is 5.92 Å². The van der Waals surface area contributed by atoms with E-state index in [-0.39, 0.29) is 41.8 Å². The summed E-state index contributed by atoms with van der Waals surface area (Å²) < 4.78 is 36.3. The Morgan fingerprint density at radius 3 is 2.45 bits per heavy atom. The van der Waals surface area contributed by atoms with Crippen LogP contribution in [0.25, 0.3) is 0 Å². The first-order valence-corrected chi connectivity index (χ1v) is 7.42. The van der Waals surface area contributed by atoms with Crippen molar-refractivity contribution in [1.29, 1.82) is 0 Å². The summed E-state index contributed by atoms with van der Waals surface area (Å²) in [5, 5.41) is 2.62. The number of carbonyl (C=O) groups excluding carboxylic acids is 2. The summed E-state index contributed by atoms with van der Waals surface area (Å²) >= 11 is -0.178. The Morgan fingerprint density at radius 1 is 1.35 bits per heavy atom. The zero-order valence-corrected chi connectivity index (χ0v) is 12.5. The first-order chi connectivity index (χ1) is 9.11. The molecule has 1 rings (SSSR count). The van der Waals surface area contributed by atoms with Crippen LogP contribution in [0.2, 0.25) is 0 Å². The van der Waals surface area contributed by atoms with E-state index in [4.69, 9.17) is 0 Å². The predicted molar refractivity (Wildman–Crippen MR) is 71.1 cm³/mol. The van der Waals surface area contributed by atoms with Crippen molar-refractivity contribution in [3.05, 3.63) is 0 Å². The molecule has 2 amide bonds. The molecule has 0 bridgehead atoms. The summed E-state index contributed by atoms with van der Waals surface area (Å²) in [6, 6.07) is -1.35. The van der Waals surface area contributed by atoms with Crippen LogP contribution in [-0.4, -0.2) is 46.6 Å². The molecule has 116 valence electrons. The maximum absolute atomic E-state index is 12.2. The SMILES string of the molecule is CC(C)CC1NC(=O)C(C)N(CCSC(F)(F)F)C1=O. The lowest BCUT2D eigenvalue weighted by molar-refractivity contribution is -0.148. The maximum atomic E-state index is 12.2. The molecular formula is C12H19F3N2O2S. The van der Waals surface area contributed by atoms with Crippen LogP contribution in [0.4, 0.5) is 13.2 Å². The van der Waals surface area contributed by atoms with E-state index < -0.39 is 17.6 Å². The van der Waals surface area contributed by atoms with Gasteiger partial charge in [-0.1, -0.05) is 13.8 Å². The Labute approximate surface area is 120 Å². The number of thioether (sulfide) groups is 1. The molecule has 1 saturated heterocycles. The van der Waals surface area contributed by atoms with Crippen molar-refractivity contribution in [2.45, 2.75) is 44.8 Å². The topological polar surface area (TPSA) is 49.4 Å². The molecule has 0 spiro atoms. The van der Waals surface area contributed by atoms with Gasteiger partial charge in [0.05, 0.1) is 0 Å². The van der Waals surface area contributed by atoms with Crippen molar-refractivity contribution in [3.8, 4) is 0 Å². The third-order valence-corrected chi connectivity index (χ3v) is 3.76. The van der Waals surface area contributed by atoms with Crippen LogP contribution in [0.3, 0.4) is 0 Å². The molecule has 0 aromatic heterocycles. The lowest BCUT2D eigenvalue weighted by Crippen LogP contribution is -2.63. The van der Waals surface area contributed by atoms with E-state index in [0.717, 1.165) is 0 Å². The van der Waals surface area contributed by atoms with Gasteiger partial charge < -0.3 is 10.2 Å². The van der Waals surface area contributed by atoms with Gasteiger partial charge in [-0.05, 0) is 31.0 Å². The van der Waals surface area contributed by atoms with E-state index >= 15 is 0 Å². The molecule has 1 fully saturated rings.